The van der Waals surface area contributed by atoms with E-state index in [0.717, 1.165) is 37.3 Å². The summed E-state index contributed by atoms with van der Waals surface area (Å²) in [7, 11) is 0. The first-order valence-corrected chi connectivity index (χ1v) is 7.59. The van der Waals surface area contributed by atoms with Crippen molar-refractivity contribution >= 4 is 5.82 Å². The van der Waals surface area contributed by atoms with Crippen molar-refractivity contribution in [2.45, 2.75) is 32.0 Å². The van der Waals surface area contributed by atoms with Gasteiger partial charge in [0.15, 0.2) is 6.23 Å². The van der Waals surface area contributed by atoms with E-state index in [1.807, 2.05) is 37.3 Å². The zero-order valence-corrected chi connectivity index (χ0v) is 12.7. The third-order valence-corrected chi connectivity index (χ3v) is 4.08. The summed E-state index contributed by atoms with van der Waals surface area (Å²) in [6.07, 6.45) is 0.964. The van der Waals surface area contributed by atoms with Gasteiger partial charge in [0.25, 0.3) is 0 Å². The number of rotatable bonds is 4. The van der Waals surface area contributed by atoms with Crippen LogP contribution in [-0.4, -0.2) is 34.1 Å². The highest BCUT2D eigenvalue weighted by Gasteiger charge is 2.23. The summed E-state index contributed by atoms with van der Waals surface area (Å²) in [5.41, 5.74) is 8.41. The molecule has 6 nitrogen and oxygen atoms in total. The second-order valence-corrected chi connectivity index (χ2v) is 5.60. The molecule has 0 radical (unpaired) electrons. The molecule has 0 aliphatic carbocycles. The first-order chi connectivity index (χ1) is 10.7. The van der Waals surface area contributed by atoms with E-state index in [4.69, 9.17) is 10.5 Å². The fourth-order valence-electron chi connectivity index (χ4n) is 2.72. The van der Waals surface area contributed by atoms with Crippen molar-refractivity contribution in [1.82, 2.24) is 15.1 Å². The lowest BCUT2D eigenvalue weighted by molar-refractivity contribution is 0.0476. The molecule has 0 amide bonds. The molecule has 1 atom stereocenters. The Hall–Kier alpha value is -1.89. The van der Waals surface area contributed by atoms with E-state index < -0.39 is 6.23 Å². The smallest absolute Gasteiger partial charge is 0.150 e. The molecular weight excluding hydrogens is 280 g/mol. The average molecular weight is 302 g/mol. The number of para-hydroxylation sites is 1. The fraction of sp³-hybridized carbons (Fsp3) is 0.438. The lowest BCUT2D eigenvalue weighted by atomic mass is 10.1. The number of anilines is 1. The Morgan fingerprint density at radius 3 is 2.68 bits per heavy atom. The number of nitrogens with two attached hydrogens (primary N) is 1. The summed E-state index contributed by atoms with van der Waals surface area (Å²) in [6, 6.07) is 9.92. The predicted octanol–water partition coefficient (Wildman–Crippen LogP) is 1.52. The summed E-state index contributed by atoms with van der Waals surface area (Å²) < 4.78 is 7.00. The Kier molecular flexibility index (Phi) is 4.42. The van der Waals surface area contributed by atoms with Crippen LogP contribution in [0.25, 0.3) is 5.69 Å². The Labute approximate surface area is 129 Å². The molecule has 0 saturated carbocycles. The third kappa shape index (κ3) is 2.99. The number of aromatic nitrogens is 2. The second-order valence-electron chi connectivity index (χ2n) is 5.60. The van der Waals surface area contributed by atoms with Crippen LogP contribution in [-0.2, 0) is 4.74 Å². The molecule has 1 fully saturated rings. The topological polar surface area (TPSA) is 85.3 Å². The molecule has 6 heteroatoms. The van der Waals surface area contributed by atoms with E-state index in [1.165, 1.54) is 0 Å². The number of hydrogen-bond acceptors (Lipinski definition) is 5. The number of benzene rings is 1. The minimum absolute atomic E-state index is 0.242. The average Bonchev–Trinajstić information content (AvgIpc) is 2.85. The predicted molar refractivity (Wildman–Crippen MR) is 84.6 cm³/mol. The molecule has 1 saturated heterocycles. The lowest BCUT2D eigenvalue weighted by Gasteiger charge is -2.25. The van der Waals surface area contributed by atoms with Gasteiger partial charge in [-0.1, -0.05) is 18.2 Å². The number of aliphatic hydroxyl groups is 1. The molecule has 1 aromatic heterocycles. The van der Waals surface area contributed by atoms with Crippen molar-refractivity contribution in [3.63, 3.8) is 0 Å². The number of nitrogens with one attached hydrogen (secondary N) is 1. The maximum Gasteiger partial charge on any atom is 0.150 e. The van der Waals surface area contributed by atoms with Crippen LogP contribution in [0, 0.1) is 6.92 Å². The van der Waals surface area contributed by atoms with Crippen LogP contribution in [0.3, 0.4) is 0 Å². The normalized spacial score (nSPS) is 17.5. The minimum atomic E-state index is -0.824. The van der Waals surface area contributed by atoms with Gasteiger partial charge in [0.05, 0.1) is 5.69 Å². The maximum absolute atomic E-state index is 10.5. The molecule has 0 spiro atoms. The van der Waals surface area contributed by atoms with Crippen LogP contribution in [0.1, 0.15) is 30.3 Å². The van der Waals surface area contributed by atoms with Gasteiger partial charge in [-0.05, 0) is 31.9 Å². The van der Waals surface area contributed by atoms with Gasteiger partial charge in [-0.15, -0.1) is 0 Å². The molecule has 2 heterocycles. The van der Waals surface area contributed by atoms with Crippen LogP contribution in [0.5, 0.6) is 0 Å². The largest absolute Gasteiger partial charge is 0.383 e. The number of ether oxygens (including phenoxy) is 1. The summed E-state index contributed by atoms with van der Waals surface area (Å²) in [4.78, 5) is 0. The number of hydrogen-bond donors (Lipinski definition) is 3. The van der Waals surface area contributed by atoms with Gasteiger partial charge in [0.2, 0.25) is 0 Å². The lowest BCUT2D eigenvalue weighted by Crippen LogP contribution is -2.37. The van der Waals surface area contributed by atoms with Crippen molar-refractivity contribution in [2.75, 3.05) is 18.9 Å². The first-order valence-electron chi connectivity index (χ1n) is 7.59. The van der Waals surface area contributed by atoms with Crippen LogP contribution >= 0.6 is 0 Å². The van der Waals surface area contributed by atoms with E-state index in [0.29, 0.717) is 11.5 Å². The van der Waals surface area contributed by atoms with Crippen molar-refractivity contribution in [3.8, 4) is 5.69 Å². The Bertz CT molecular complexity index is 621. The Morgan fingerprint density at radius 1 is 1.32 bits per heavy atom. The SMILES string of the molecule is Cc1c(C(O)NC2CCOCC2)nn(-c2ccccc2)c1N. The second kappa shape index (κ2) is 6.48. The van der Waals surface area contributed by atoms with Crippen molar-refractivity contribution in [2.24, 2.45) is 0 Å². The van der Waals surface area contributed by atoms with Gasteiger partial charge >= 0.3 is 0 Å². The monoisotopic (exact) mass is 302 g/mol. The zero-order valence-electron chi connectivity index (χ0n) is 12.7. The van der Waals surface area contributed by atoms with E-state index >= 15 is 0 Å². The standard InChI is InChI=1S/C16H22N4O2/c1-11-14(16(21)18-12-7-9-22-10-8-12)19-20(15(11)17)13-5-3-2-4-6-13/h2-6,12,16,18,21H,7-10,17H2,1H3. The summed E-state index contributed by atoms with van der Waals surface area (Å²) in [5, 5.41) is 18.2. The molecule has 22 heavy (non-hydrogen) atoms. The van der Waals surface area contributed by atoms with Gasteiger partial charge in [-0.2, -0.15) is 5.10 Å². The molecule has 3 rings (SSSR count). The quantitative estimate of drug-likeness (QED) is 0.746. The van der Waals surface area contributed by atoms with E-state index in [9.17, 15) is 5.11 Å². The fourth-order valence-corrected chi connectivity index (χ4v) is 2.72. The molecule has 2 aromatic rings. The molecule has 1 aliphatic rings. The molecule has 0 bridgehead atoms. The zero-order chi connectivity index (χ0) is 15.5. The van der Waals surface area contributed by atoms with Gasteiger partial charge in [0.1, 0.15) is 11.5 Å². The summed E-state index contributed by atoms with van der Waals surface area (Å²) >= 11 is 0. The highest BCUT2D eigenvalue weighted by molar-refractivity contribution is 5.49. The number of aliphatic hydroxyl groups excluding tert-OH is 1. The number of nitrogens with zero attached hydrogens (tertiary/aromatic N) is 2. The Morgan fingerprint density at radius 2 is 2.00 bits per heavy atom. The van der Waals surface area contributed by atoms with E-state index in [-0.39, 0.29) is 6.04 Å². The van der Waals surface area contributed by atoms with Crippen LogP contribution < -0.4 is 11.1 Å². The molecule has 118 valence electrons. The van der Waals surface area contributed by atoms with Gasteiger partial charge < -0.3 is 15.6 Å². The molecule has 1 aliphatic heterocycles. The molecular formula is C16H22N4O2. The summed E-state index contributed by atoms with van der Waals surface area (Å²) in [6.45, 7) is 3.33. The highest BCUT2D eigenvalue weighted by atomic mass is 16.5. The third-order valence-electron chi connectivity index (χ3n) is 4.08. The molecule has 1 aromatic carbocycles. The molecule has 1 unspecified atom stereocenters. The maximum atomic E-state index is 10.5. The highest BCUT2D eigenvalue weighted by Crippen LogP contribution is 2.24. The van der Waals surface area contributed by atoms with Crippen LogP contribution in [0.4, 0.5) is 5.82 Å². The molecule has 4 N–H and O–H groups in total. The summed E-state index contributed by atoms with van der Waals surface area (Å²) in [5.74, 6) is 0.550. The van der Waals surface area contributed by atoms with Crippen molar-refractivity contribution in [1.29, 1.82) is 0 Å². The Balaban J connectivity index is 1.82. The van der Waals surface area contributed by atoms with Crippen LogP contribution in [0.2, 0.25) is 0 Å². The number of nitrogen functional groups attached to an aromatic ring is 1. The van der Waals surface area contributed by atoms with Gasteiger partial charge in [-0.3, -0.25) is 5.32 Å². The minimum Gasteiger partial charge on any atom is -0.383 e. The van der Waals surface area contributed by atoms with Gasteiger partial charge in [-0.25, -0.2) is 4.68 Å². The van der Waals surface area contributed by atoms with Crippen LogP contribution in [0.15, 0.2) is 30.3 Å². The van der Waals surface area contributed by atoms with E-state index in [2.05, 4.69) is 10.4 Å². The van der Waals surface area contributed by atoms with Crippen molar-refractivity contribution in [3.05, 3.63) is 41.6 Å². The van der Waals surface area contributed by atoms with Gasteiger partial charge in [0, 0.05) is 24.8 Å². The first kappa shape index (κ1) is 15.0. The van der Waals surface area contributed by atoms with Crippen molar-refractivity contribution < 1.29 is 9.84 Å². The van der Waals surface area contributed by atoms with E-state index in [1.54, 1.807) is 4.68 Å².